The van der Waals surface area contributed by atoms with Crippen molar-refractivity contribution < 1.29 is 4.74 Å². The van der Waals surface area contributed by atoms with Crippen LogP contribution in [0.25, 0.3) is 0 Å². The van der Waals surface area contributed by atoms with Crippen molar-refractivity contribution in [3.8, 4) is 5.75 Å². The highest BCUT2D eigenvalue weighted by molar-refractivity contribution is 9.10. The maximum atomic E-state index is 5.27. The predicted octanol–water partition coefficient (Wildman–Crippen LogP) is 2.52. The molecule has 0 aliphatic carbocycles. The maximum absolute atomic E-state index is 5.27. The molecule has 1 aromatic rings. The highest BCUT2D eigenvalue weighted by atomic mass is 79.9. The summed E-state index contributed by atoms with van der Waals surface area (Å²) in [5.41, 5.74) is 1.19. The van der Waals surface area contributed by atoms with Crippen molar-refractivity contribution in [3.05, 3.63) is 28.2 Å². The van der Waals surface area contributed by atoms with Gasteiger partial charge in [0.1, 0.15) is 5.75 Å². The van der Waals surface area contributed by atoms with Crippen molar-refractivity contribution in [1.82, 2.24) is 4.90 Å². The fourth-order valence-electron chi connectivity index (χ4n) is 1.20. The number of methoxy groups -OCH3 is 1. The molecule has 0 spiro atoms. The zero-order valence-electron chi connectivity index (χ0n) is 8.17. The minimum atomic E-state index is 0.880. The summed E-state index contributed by atoms with van der Waals surface area (Å²) in [7, 11) is 5.78. The number of nitrogens with zero attached hydrogens (tertiary/aromatic N) is 1. The van der Waals surface area contributed by atoms with E-state index in [1.54, 1.807) is 7.11 Å². The summed E-state index contributed by atoms with van der Waals surface area (Å²) in [5.74, 6) is 0.933. The van der Waals surface area contributed by atoms with Crippen LogP contribution in [0.2, 0.25) is 0 Å². The highest BCUT2D eigenvalue weighted by Crippen LogP contribution is 2.27. The number of rotatable bonds is 3. The molecule has 13 heavy (non-hydrogen) atoms. The first-order valence-electron chi connectivity index (χ1n) is 4.11. The van der Waals surface area contributed by atoms with Crippen LogP contribution in [0.4, 0.5) is 0 Å². The predicted molar refractivity (Wildman–Crippen MR) is 58.1 cm³/mol. The second-order valence-electron chi connectivity index (χ2n) is 3.16. The van der Waals surface area contributed by atoms with E-state index in [2.05, 4.69) is 20.8 Å². The van der Waals surface area contributed by atoms with Crippen molar-refractivity contribution in [1.29, 1.82) is 0 Å². The molecule has 0 bridgehead atoms. The fraction of sp³-hybridized carbons (Fsp3) is 0.400. The molecule has 0 aliphatic rings. The highest BCUT2D eigenvalue weighted by Gasteiger charge is 2.07. The van der Waals surface area contributed by atoms with E-state index < -0.39 is 0 Å². The SMILES string of the molecule is COc1cccc(Br)c1CN(C)C. The van der Waals surface area contributed by atoms with Gasteiger partial charge >= 0.3 is 0 Å². The first-order chi connectivity index (χ1) is 6.15. The molecule has 0 saturated carbocycles. The van der Waals surface area contributed by atoms with Gasteiger partial charge in [-0.25, -0.2) is 0 Å². The Morgan fingerprint density at radius 3 is 2.62 bits per heavy atom. The Morgan fingerprint density at radius 1 is 1.38 bits per heavy atom. The van der Waals surface area contributed by atoms with Crippen LogP contribution in [0.3, 0.4) is 0 Å². The molecule has 0 saturated heterocycles. The van der Waals surface area contributed by atoms with E-state index in [-0.39, 0.29) is 0 Å². The van der Waals surface area contributed by atoms with Gasteiger partial charge in [-0.2, -0.15) is 0 Å². The number of halogens is 1. The van der Waals surface area contributed by atoms with E-state index >= 15 is 0 Å². The van der Waals surface area contributed by atoms with Crippen molar-refractivity contribution >= 4 is 15.9 Å². The smallest absolute Gasteiger partial charge is 0.124 e. The first kappa shape index (κ1) is 10.5. The molecule has 2 nitrogen and oxygen atoms in total. The topological polar surface area (TPSA) is 12.5 Å². The van der Waals surface area contributed by atoms with Crippen LogP contribution in [-0.2, 0) is 6.54 Å². The fourth-order valence-corrected chi connectivity index (χ4v) is 1.67. The average molecular weight is 244 g/mol. The minimum Gasteiger partial charge on any atom is -0.496 e. The van der Waals surface area contributed by atoms with Gasteiger partial charge in [0.05, 0.1) is 7.11 Å². The van der Waals surface area contributed by atoms with Crippen molar-refractivity contribution in [3.63, 3.8) is 0 Å². The Kier molecular flexibility index (Phi) is 3.75. The van der Waals surface area contributed by atoms with E-state index in [1.165, 1.54) is 5.56 Å². The molecular formula is C10H14BrNO. The van der Waals surface area contributed by atoms with Gasteiger partial charge in [-0.3, -0.25) is 0 Å². The largest absolute Gasteiger partial charge is 0.496 e. The van der Waals surface area contributed by atoms with Crippen LogP contribution in [0.15, 0.2) is 22.7 Å². The molecule has 0 atom stereocenters. The van der Waals surface area contributed by atoms with Crippen molar-refractivity contribution in [2.75, 3.05) is 21.2 Å². The summed E-state index contributed by atoms with van der Waals surface area (Å²) < 4.78 is 6.37. The van der Waals surface area contributed by atoms with Crippen LogP contribution in [-0.4, -0.2) is 26.1 Å². The number of hydrogen-bond donors (Lipinski definition) is 0. The number of benzene rings is 1. The number of ether oxygens (including phenoxy) is 1. The molecule has 0 amide bonds. The van der Waals surface area contributed by atoms with Gasteiger partial charge in [-0.05, 0) is 26.2 Å². The third-order valence-electron chi connectivity index (χ3n) is 1.77. The molecule has 0 N–H and O–H groups in total. The van der Waals surface area contributed by atoms with Crippen LogP contribution in [0.5, 0.6) is 5.75 Å². The molecule has 0 aliphatic heterocycles. The second kappa shape index (κ2) is 4.63. The van der Waals surface area contributed by atoms with Gasteiger partial charge < -0.3 is 9.64 Å². The Labute approximate surface area is 87.6 Å². The van der Waals surface area contributed by atoms with E-state index in [0.717, 1.165) is 16.8 Å². The van der Waals surface area contributed by atoms with Crippen LogP contribution < -0.4 is 4.74 Å². The zero-order chi connectivity index (χ0) is 9.84. The lowest BCUT2D eigenvalue weighted by molar-refractivity contribution is 0.371. The Balaban J connectivity index is 3.00. The van der Waals surface area contributed by atoms with E-state index in [1.807, 2.05) is 32.3 Å². The van der Waals surface area contributed by atoms with Crippen molar-refractivity contribution in [2.45, 2.75) is 6.54 Å². The molecule has 0 fully saturated rings. The average Bonchev–Trinajstić information content (AvgIpc) is 2.08. The first-order valence-corrected chi connectivity index (χ1v) is 4.90. The molecule has 72 valence electrons. The summed E-state index contributed by atoms with van der Waals surface area (Å²) in [6.45, 7) is 0.880. The van der Waals surface area contributed by atoms with Gasteiger partial charge in [0.15, 0.2) is 0 Å². The quantitative estimate of drug-likeness (QED) is 0.810. The summed E-state index contributed by atoms with van der Waals surface area (Å²) in [6.07, 6.45) is 0. The Morgan fingerprint density at radius 2 is 2.08 bits per heavy atom. The van der Waals surface area contributed by atoms with Crippen LogP contribution >= 0.6 is 15.9 Å². The Bertz CT molecular complexity index is 286. The van der Waals surface area contributed by atoms with E-state index in [0.29, 0.717) is 0 Å². The summed E-state index contributed by atoms with van der Waals surface area (Å²) in [6, 6.07) is 5.98. The Hall–Kier alpha value is -0.540. The summed E-state index contributed by atoms with van der Waals surface area (Å²) >= 11 is 3.51. The van der Waals surface area contributed by atoms with Gasteiger partial charge in [0.25, 0.3) is 0 Å². The standard InChI is InChI=1S/C10H14BrNO/c1-12(2)7-8-9(11)5-4-6-10(8)13-3/h4-6H,7H2,1-3H3. The normalized spacial score (nSPS) is 10.5. The third kappa shape index (κ3) is 2.71. The van der Waals surface area contributed by atoms with E-state index in [4.69, 9.17) is 4.74 Å². The molecular weight excluding hydrogens is 230 g/mol. The molecule has 0 radical (unpaired) electrons. The molecule has 0 aromatic heterocycles. The maximum Gasteiger partial charge on any atom is 0.124 e. The lowest BCUT2D eigenvalue weighted by atomic mass is 10.2. The summed E-state index contributed by atoms with van der Waals surface area (Å²) in [4.78, 5) is 2.11. The minimum absolute atomic E-state index is 0.880. The second-order valence-corrected chi connectivity index (χ2v) is 4.01. The molecule has 0 unspecified atom stereocenters. The van der Waals surface area contributed by atoms with Gasteiger partial charge in [0, 0.05) is 16.6 Å². The lowest BCUT2D eigenvalue weighted by Gasteiger charge is -2.14. The van der Waals surface area contributed by atoms with Gasteiger partial charge in [-0.1, -0.05) is 22.0 Å². The zero-order valence-corrected chi connectivity index (χ0v) is 9.76. The van der Waals surface area contributed by atoms with Crippen molar-refractivity contribution in [2.24, 2.45) is 0 Å². The van der Waals surface area contributed by atoms with Crippen LogP contribution in [0.1, 0.15) is 5.56 Å². The molecule has 0 heterocycles. The summed E-state index contributed by atoms with van der Waals surface area (Å²) in [5, 5.41) is 0. The van der Waals surface area contributed by atoms with Gasteiger partial charge in [-0.15, -0.1) is 0 Å². The third-order valence-corrected chi connectivity index (χ3v) is 2.51. The van der Waals surface area contributed by atoms with Gasteiger partial charge in [0.2, 0.25) is 0 Å². The molecule has 1 rings (SSSR count). The number of hydrogen-bond acceptors (Lipinski definition) is 2. The molecule has 1 aromatic carbocycles. The monoisotopic (exact) mass is 243 g/mol. The van der Waals surface area contributed by atoms with E-state index in [9.17, 15) is 0 Å². The van der Waals surface area contributed by atoms with Crippen LogP contribution in [0, 0.1) is 0 Å². The lowest BCUT2D eigenvalue weighted by Crippen LogP contribution is -2.12. The molecule has 3 heteroatoms.